The van der Waals surface area contributed by atoms with E-state index in [1.807, 2.05) is 0 Å². The van der Waals surface area contributed by atoms with Crippen LogP contribution >= 0.6 is 23.2 Å². The molecule has 0 radical (unpaired) electrons. The van der Waals surface area contributed by atoms with Gasteiger partial charge in [-0.05, 0) is 31.2 Å². The van der Waals surface area contributed by atoms with Crippen LogP contribution in [0.2, 0.25) is 10.0 Å². The molecule has 0 aliphatic carbocycles. The van der Waals surface area contributed by atoms with Crippen molar-refractivity contribution in [1.29, 1.82) is 0 Å². The molecule has 1 aromatic carbocycles. The normalized spacial score (nSPS) is 20.9. The lowest BCUT2D eigenvalue weighted by molar-refractivity contribution is 0.0483. The minimum atomic E-state index is 0.0173. The molecule has 1 fully saturated rings. The Morgan fingerprint density at radius 2 is 2.28 bits per heavy atom. The predicted molar refractivity (Wildman–Crippen MR) is 73.7 cm³/mol. The summed E-state index contributed by atoms with van der Waals surface area (Å²) in [4.78, 5) is 0. The summed E-state index contributed by atoms with van der Waals surface area (Å²) in [5.74, 6) is 1.12. The second kappa shape index (κ2) is 6.62. The average Bonchev–Trinajstić information content (AvgIpc) is 2.85. The van der Waals surface area contributed by atoms with E-state index in [4.69, 9.17) is 32.7 Å². The summed E-state index contributed by atoms with van der Waals surface area (Å²) >= 11 is 12.0. The highest BCUT2D eigenvalue weighted by molar-refractivity contribution is 6.35. The maximum atomic E-state index is 6.11. The number of ether oxygens (including phenoxy) is 2. The Morgan fingerprint density at radius 1 is 1.44 bits per heavy atom. The predicted octanol–water partition coefficient (Wildman–Crippen LogP) is 3.00. The Kier molecular flexibility index (Phi) is 5.13. The first kappa shape index (κ1) is 13.9. The molecule has 100 valence electrons. The van der Waals surface area contributed by atoms with Crippen molar-refractivity contribution < 1.29 is 9.47 Å². The number of hydrogen-bond donors (Lipinski definition) is 1. The number of rotatable bonds is 5. The largest absolute Gasteiger partial charge is 0.486 e. The zero-order valence-electron chi connectivity index (χ0n) is 10.3. The van der Waals surface area contributed by atoms with Gasteiger partial charge in [0.2, 0.25) is 0 Å². The molecule has 1 aliphatic rings. The highest BCUT2D eigenvalue weighted by atomic mass is 35.5. The zero-order valence-corrected chi connectivity index (χ0v) is 11.8. The van der Waals surface area contributed by atoms with Gasteiger partial charge in [-0.25, -0.2) is 0 Å². The second-order valence-corrected chi connectivity index (χ2v) is 5.28. The Hall–Kier alpha value is -0.480. The van der Waals surface area contributed by atoms with Gasteiger partial charge in [-0.3, -0.25) is 0 Å². The van der Waals surface area contributed by atoms with Gasteiger partial charge in [-0.2, -0.15) is 0 Å². The molecule has 1 heterocycles. The highest BCUT2D eigenvalue weighted by Gasteiger charge is 2.27. The minimum absolute atomic E-state index is 0.0173. The van der Waals surface area contributed by atoms with Crippen LogP contribution in [-0.2, 0) is 4.74 Å². The fourth-order valence-electron chi connectivity index (χ4n) is 2.16. The Bertz CT molecular complexity index is 395. The molecule has 0 amide bonds. The van der Waals surface area contributed by atoms with Gasteiger partial charge in [0, 0.05) is 24.6 Å². The lowest BCUT2D eigenvalue weighted by atomic mass is 10.0. The summed E-state index contributed by atoms with van der Waals surface area (Å²) in [6, 6.07) is 5.27. The second-order valence-electron chi connectivity index (χ2n) is 4.44. The van der Waals surface area contributed by atoms with E-state index in [9.17, 15) is 0 Å². The average molecular weight is 290 g/mol. The smallest absolute Gasteiger partial charge is 0.138 e. The van der Waals surface area contributed by atoms with E-state index in [0.717, 1.165) is 19.5 Å². The molecule has 0 aromatic heterocycles. The van der Waals surface area contributed by atoms with E-state index in [0.29, 0.717) is 28.3 Å². The van der Waals surface area contributed by atoms with Gasteiger partial charge in [-0.15, -0.1) is 0 Å². The van der Waals surface area contributed by atoms with Crippen LogP contribution in [0.15, 0.2) is 18.2 Å². The van der Waals surface area contributed by atoms with Crippen molar-refractivity contribution in [2.75, 3.05) is 26.8 Å². The molecule has 0 saturated carbocycles. The summed E-state index contributed by atoms with van der Waals surface area (Å²) in [7, 11) is 1.68. The van der Waals surface area contributed by atoms with Gasteiger partial charge in [0.05, 0.1) is 11.6 Å². The molecule has 2 atom stereocenters. The number of hydrogen-bond acceptors (Lipinski definition) is 3. The third-order valence-electron chi connectivity index (χ3n) is 3.13. The summed E-state index contributed by atoms with van der Waals surface area (Å²) in [5.41, 5.74) is 0. The van der Waals surface area contributed by atoms with E-state index < -0.39 is 0 Å². The van der Waals surface area contributed by atoms with Gasteiger partial charge in [-0.1, -0.05) is 23.2 Å². The SMILES string of the molecule is COC[C@@H](Oc1ccc(Cl)cc1Cl)C1CCNC1. The van der Waals surface area contributed by atoms with E-state index in [1.165, 1.54) is 0 Å². The fourth-order valence-corrected chi connectivity index (χ4v) is 2.61. The van der Waals surface area contributed by atoms with Crippen molar-refractivity contribution in [2.45, 2.75) is 12.5 Å². The van der Waals surface area contributed by atoms with Gasteiger partial charge in [0.25, 0.3) is 0 Å². The topological polar surface area (TPSA) is 30.5 Å². The first-order valence-corrected chi connectivity index (χ1v) is 6.77. The molecule has 0 bridgehead atoms. The van der Waals surface area contributed by atoms with Crippen LogP contribution in [0, 0.1) is 5.92 Å². The summed E-state index contributed by atoms with van der Waals surface area (Å²) < 4.78 is 11.2. The van der Waals surface area contributed by atoms with Crippen molar-refractivity contribution in [3.63, 3.8) is 0 Å². The monoisotopic (exact) mass is 289 g/mol. The molecule has 3 nitrogen and oxygen atoms in total. The standard InChI is InChI=1S/C13H17Cl2NO2/c1-17-8-13(9-4-5-16-7-9)18-12-3-2-10(14)6-11(12)15/h2-3,6,9,13,16H,4-5,7-8H2,1H3/t9?,13-/m1/s1. The Balaban J connectivity index is 2.07. The molecule has 1 aliphatic heterocycles. The quantitative estimate of drug-likeness (QED) is 0.904. The van der Waals surface area contributed by atoms with Gasteiger partial charge < -0.3 is 14.8 Å². The maximum absolute atomic E-state index is 6.11. The van der Waals surface area contributed by atoms with Crippen LogP contribution in [-0.4, -0.2) is 32.9 Å². The molecule has 18 heavy (non-hydrogen) atoms. The maximum Gasteiger partial charge on any atom is 0.138 e. The third kappa shape index (κ3) is 3.51. The van der Waals surface area contributed by atoms with E-state index in [1.54, 1.807) is 25.3 Å². The van der Waals surface area contributed by atoms with Crippen molar-refractivity contribution >= 4 is 23.2 Å². The van der Waals surface area contributed by atoms with Crippen LogP contribution in [0.1, 0.15) is 6.42 Å². The van der Waals surface area contributed by atoms with Crippen LogP contribution in [0.25, 0.3) is 0 Å². The van der Waals surface area contributed by atoms with Crippen LogP contribution < -0.4 is 10.1 Å². The van der Waals surface area contributed by atoms with Gasteiger partial charge >= 0.3 is 0 Å². The summed E-state index contributed by atoms with van der Waals surface area (Å²) in [6.45, 7) is 2.55. The molecule has 1 saturated heterocycles. The summed E-state index contributed by atoms with van der Waals surface area (Å²) in [5, 5.41) is 4.48. The van der Waals surface area contributed by atoms with Crippen LogP contribution in [0.3, 0.4) is 0 Å². The van der Waals surface area contributed by atoms with E-state index in [2.05, 4.69) is 5.32 Å². The summed E-state index contributed by atoms with van der Waals surface area (Å²) in [6.07, 6.45) is 1.11. The van der Waals surface area contributed by atoms with Crippen molar-refractivity contribution in [2.24, 2.45) is 5.92 Å². The molecule has 5 heteroatoms. The molecule has 1 N–H and O–H groups in total. The van der Waals surface area contributed by atoms with Crippen molar-refractivity contribution in [3.05, 3.63) is 28.2 Å². The van der Waals surface area contributed by atoms with Crippen molar-refractivity contribution in [3.8, 4) is 5.75 Å². The Morgan fingerprint density at radius 3 is 2.89 bits per heavy atom. The molecular formula is C13H17Cl2NO2. The highest BCUT2D eigenvalue weighted by Crippen LogP contribution is 2.30. The lowest BCUT2D eigenvalue weighted by Gasteiger charge is -2.24. The fraction of sp³-hybridized carbons (Fsp3) is 0.538. The lowest BCUT2D eigenvalue weighted by Crippen LogP contribution is -2.33. The molecule has 1 unspecified atom stereocenters. The van der Waals surface area contributed by atoms with Gasteiger partial charge in [0.15, 0.2) is 0 Å². The van der Waals surface area contributed by atoms with Crippen LogP contribution in [0.5, 0.6) is 5.75 Å². The van der Waals surface area contributed by atoms with Crippen molar-refractivity contribution in [1.82, 2.24) is 5.32 Å². The zero-order chi connectivity index (χ0) is 13.0. The number of benzene rings is 1. The van der Waals surface area contributed by atoms with Gasteiger partial charge in [0.1, 0.15) is 11.9 Å². The first-order valence-electron chi connectivity index (χ1n) is 6.02. The molecule has 1 aromatic rings. The number of halogens is 2. The molecular weight excluding hydrogens is 273 g/mol. The first-order chi connectivity index (χ1) is 8.70. The number of methoxy groups -OCH3 is 1. The molecule has 2 rings (SSSR count). The molecule has 0 spiro atoms. The minimum Gasteiger partial charge on any atom is -0.486 e. The number of nitrogens with one attached hydrogen (secondary N) is 1. The third-order valence-corrected chi connectivity index (χ3v) is 3.66. The van der Waals surface area contributed by atoms with E-state index >= 15 is 0 Å². The van der Waals surface area contributed by atoms with E-state index in [-0.39, 0.29) is 6.10 Å². The Labute approximate surface area is 117 Å². The van der Waals surface area contributed by atoms with Crippen LogP contribution in [0.4, 0.5) is 0 Å².